The molecule has 1 aromatic heterocycles. The number of imidazole rings is 1. The van der Waals surface area contributed by atoms with Gasteiger partial charge in [-0.15, -0.1) is 0 Å². The zero-order valence-electron chi connectivity index (χ0n) is 42.5. The molecule has 0 amide bonds. The van der Waals surface area contributed by atoms with E-state index in [4.69, 9.17) is 4.98 Å². The predicted octanol–water partition coefficient (Wildman–Crippen LogP) is 19.5. The molecule has 1 aliphatic heterocycles. The fraction of sp³-hybridized carbons (Fsp3) is 0.0139. The summed E-state index contributed by atoms with van der Waals surface area (Å²) in [6, 6.07) is 105. The molecule has 0 saturated carbocycles. The van der Waals surface area contributed by atoms with Gasteiger partial charge in [-0.05, 0) is 135 Å². The lowest BCUT2D eigenvalue weighted by Gasteiger charge is -2.30. The van der Waals surface area contributed by atoms with Crippen molar-refractivity contribution in [3.63, 3.8) is 0 Å². The second-order valence-corrected chi connectivity index (χ2v) is 20.1. The summed E-state index contributed by atoms with van der Waals surface area (Å²) >= 11 is 0. The molecule has 1 aliphatic rings. The van der Waals surface area contributed by atoms with Crippen molar-refractivity contribution in [1.29, 1.82) is 0 Å². The van der Waals surface area contributed by atoms with Crippen molar-refractivity contribution in [2.75, 3.05) is 20.0 Å². The fourth-order valence-electron chi connectivity index (χ4n) is 11.9. The Kier molecular flexibility index (Phi) is 10.8. The number of para-hydroxylation sites is 2. The molecule has 2 heterocycles. The molecule has 0 radical (unpaired) electrons. The second kappa shape index (κ2) is 18.7. The predicted molar refractivity (Wildman–Crippen MR) is 327 cm³/mol. The van der Waals surface area contributed by atoms with Crippen molar-refractivity contribution >= 4 is 105 Å². The van der Waals surface area contributed by atoms with Crippen molar-refractivity contribution in [1.82, 2.24) is 9.55 Å². The van der Waals surface area contributed by atoms with Gasteiger partial charge in [-0.1, -0.05) is 194 Å². The minimum atomic E-state index is -0.0698. The minimum Gasteiger partial charge on any atom is -0.359 e. The Morgan fingerprint density at radius 2 is 0.846 bits per heavy atom. The number of fused-ring (bicyclic) bond motifs is 7. The van der Waals surface area contributed by atoms with Crippen LogP contribution in [0.3, 0.4) is 0 Å². The third-order valence-electron chi connectivity index (χ3n) is 15.5. The lowest BCUT2D eigenvalue weighted by atomic mass is 9.99. The molecule has 0 saturated heterocycles. The Balaban J connectivity index is 0.869. The smallest absolute Gasteiger partial charge is 0.145 e. The zero-order chi connectivity index (χ0) is 51.5. The summed E-state index contributed by atoms with van der Waals surface area (Å²) < 4.78 is 2.29. The maximum atomic E-state index is 5.27. The first-order valence-corrected chi connectivity index (χ1v) is 26.6. The molecule has 1 unspecified atom stereocenters. The van der Waals surface area contributed by atoms with Gasteiger partial charge in [0.2, 0.25) is 0 Å². The first-order valence-electron chi connectivity index (χ1n) is 26.6. The van der Waals surface area contributed by atoms with Gasteiger partial charge in [0.15, 0.2) is 0 Å². The van der Waals surface area contributed by atoms with Crippen LogP contribution in [0.2, 0.25) is 0 Å². The van der Waals surface area contributed by atoms with Crippen LogP contribution < -0.4 is 20.0 Å². The number of rotatable bonds is 10. The van der Waals surface area contributed by atoms with E-state index in [-0.39, 0.29) is 6.17 Å². The van der Waals surface area contributed by atoms with Gasteiger partial charge in [0.05, 0.1) is 33.8 Å². The van der Waals surface area contributed by atoms with Gasteiger partial charge in [0, 0.05) is 50.5 Å². The molecule has 368 valence electrons. The fourth-order valence-corrected chi connectivity index (χ4v) is 11.9. The summed E-state index contributed by atoms with van der Waals surface area (Å²) in [5.41, 5.74) is 15.1. The summed E-state index contributed by atoms with van der Waals surface area (Å²) in [6.45, 7) is 0. The van der Waals surface area contributed by atoms with Gasteiger partial charge in [-0.25, -0.2) is 4.98 Å². The summed E-state index contributed by atoms with van der Waals surface area (Å²) in [6.07, 6.45) is -0.0698. The van der Waals surface area contributed by atoms with Gasteiger partial charge in [-0.3, -0.25) is 4.57 Å². The second-order valence-electron chi connectivity index (χ2n) is 20.1. The van der Waals surface area contributed by atoms with Crippen LogP contribution in [0.15, 0.2) is 291 Å². The number of nitrogens with zero attached hydrogens (tertiary/aromatic N) is 5. The standard InChI is InChI=1S/C72H50N6/c1-5-21-51(22-6-1)71-73-65-43-39-59(47-69(65)77(71)55-27-9-3-10-28-55)75(67-33-17-25-49-19-13-15-31-63(49)67)57-37-41-61-53(45-57)35-36-54-46-58(38-42-62(54)61)76(68-34-18-26-50-20-14-16-32-64(50)68)60-40-44-66-70(48-60)78(56-29-11-4-12-30-56)72(74-66)52-23-7-2-8-24-52/h1-48,71,73H. The van der Waals surface area contributed by atoms with E-state index in [9.17, 15) is 0 Å². The van der Waals surface area contributed by atoms with Crippen molar-refractivity contribution in [3.8, 4) is 17.1 Å². The average molecular weight is 999 g/mol. The molecule has 1 N–H and O–H groups in total. The van der Waals surface area contributed by atoms with Crippen LogP contribution >= 0.6 is 0 Å². The van der Waals surface area contributed by atoms with Crippen LogP contribution in [0, 0.1) is 0 Å². The van der Waals surface area contributed by atoms with Crippen LogP contribution in [0.25, 0.3) is 71.2 Å². The Morgan fingerprint density at radius 1 is 0.359 bits per heavy atom. The molecule has 15 rings (SSSR count). The highest BCUT2D eigenvalue weighted by Crippen LogP contribution is 2.50. The number of benzene rings is 13. The Bertz CT molecular complexity index is 4550. The third kappa shape index (κ3) is 7.69. The maximum absolute atomic E-state index is 5.27. The molecular weight excluding hydrogens is 949 g/mol. The van der Waals surface area contributed by atoms with Gasteiger partial charge in [0.1, 0.15) is 12.0 Å². The molecule has 6 nitrogen and oxygen atoms in total. The van der Waals surface area contributed by atoms with Crippen LogP contribution in [-0.4, -0.2) is 9.55 Å². The molecule has 78 heavy (non-hydrogen) atoms. The van der Waals surface area contributed by atoms with Gasteiger partial charge in [0.25, 0.3) is 0 Å². The lowest BCUT2D eigenvalue weighted by molar-refractivity contribution is 0.828. The summed E-state index contributed by atoms with van der Waals surface area (Å²) in [7, 11) is 0. The Labute approximate surface area is 452 Å². The van der Waals surface area contributed by atoms with E-state index in [0.717, 1.165) is 90.1 Å². The molecular formula is C72H50N6. The van der Waals surface area contributed by atoms with E-state index < -0.39 is 0 Å². The summed E-state index contributed by atoms with van der Waals surface area (Å²) in [5, 5.41) is 13.3. The van der Waals surface area contributed by atoms with E-state index in [1.165, 1.54) is 37.9 Å². The van der Waals surface area contributed by atoms with Crippen LogP contribution in [0.5, 0.6) is 0 Å². The SMILES string of the molecule is c1ccc(-c2nc3ccc(N(c4ccc5c(ccc6cc(N(c7ccc8c(c7)N(c7ccccc7)C(c7ccccc7)N8)c7cccc8ccccc78)ccc65)c4)c4cccc5ccccc45)cc3n2-c2ccccc2)cc1. The maximum Gasteiger partial charge on any atom is 0.145 e. The molecule has 13 aromatic carbocycles. The number of hydrogen-bond donors (Lipinski definition) is 1. The molecule has 0 bridgehead atoms. The average Bonchev–Trinajstić information content (AvgIpc) is 4.28. The first kappa shape index (κ1) is 45.0. The van der Waals surface area contributed by atoms with Gasteiger partial charge in [-0.2, -0.15) is 0 Å². The van der Waals surface area contributed by atoms with E-state index >= 15 is 0 Å². The van der Waals surface area contributed by atoms with Gasteiger partial charge < -0.3 is 20.0 Å². The first-order chi connectivity index (χ1) is 38.7. The highest BCUT2D eigenvalue weighted by atomic mass is 15.3. The molecule has 6 heteroatoms. The molecule has 0 spiro atoms. The van der Waals surface area contributed by atoms with Crippen molar-refractivity contribution in [2.24, 2.45) is 0 Å². The van der Waals surface area contributed by atoms with Crippen LogP contribution in [0.1, 0.15) is 11.7 Å². The Hall–Kier alpha value is -10.4. The largest absolute Gasteiger partial charge is 0.359 e. The van der Waals surface area contributed by atoms with Gasteiger partial charge >= 0.3 is 0 Å². The van der Waals surface area contributed by atoms with Crippen molar-refractivity contribution in [3.05, 3.63) is 297 Å². The Morgan fingerprint density at radius 3 is 1.46 bits per heavy atom. The lowest BCUT2D eigenvalue weighted by Crippen LogP contribution is -2.23. The molecule has 0 fully saturated rings. The third-order valence-corrected chi connectivity index (χ3v) is 15.5. The molecule has 14 aromatic rings. The van der Waals surface area contributed by atoms with Crippen LogP contribution in [-0.2, 0) is 0 Å². The minimum absolute atomic E-state index is 0.0698. The zero-order valence-corrected chi connectivity index (χ0v) is 42.5. The van der Waals surface area contributed by atoms with E-state index in [1.807, 2.05) is 0 Å². The van der Waals surface area contributed by atoms with E-state index in [1.54, 1.807) is 0 Å². The topological polar surface area (TPSA) is 39.6 Å². The van der Waals surface area contributed by atoms with Crippen molar-refractivity contribution in [2.45, 2.75) is 6.17 Å². The number of nitrogens with one attached hydrogen (secondary N) is 1. The summed E-state index contributed by atoms with van der Waals surface area (Å²) in [4.78, 5) is 12.5. The van der Waals surface area contributed by atoms with E-state index in [0.29, 0.717) is 0 Å². The highest BCUT2D eigenvalue weighted by molar-refractivity contribution is 6.11. The number of aromatic nitrogens is 2. The quantitative estimate of drug-likeness (QED) is 0.138. The monoisotopic (exact) mass is 998 g/mol. The number of hydrogen-bond acceptors (Lipinski definition) is 5. The van der Waals surface area contributed by atoms with E-state index in [2.05, 4.69) is 316 Å². The van der Waals surface area contributed by atoms with Crippen molar-refractivity contribution < 1.29 is 0 Å². The highest BCUT2D eigenvalue weighted by Gasteiger charge is 2.32. The van der Waals surface area contributed by atoms with Crippen LogP contribution in [0.4, 0.5) is 51.2 Å². The number of anilines is 9. The molecule has 1 atom stereocenters. The molecule has 0 aliphatic carbocycles. The normalized spacial score (nSPS) is 13.1. The summed E-state index contributed by atoms with van der Waals surface area (Å²) in [5.74, 6) is 0.905.